The zero-order valence-corrected chi connectivity index (χ0v) is 80.6. The van der Waals surface area contributed by atoms with Gasteiger partial charge in [0.25, 0.3) is 0 Å². The second-order valence-electron chi connectivity index (χ2n) is 28.1. The number of allylic oxidation sites excluding steroid dienone is 2. The SMILES string of the molecule is CC(=O)C=C(C)O.Cc1cc(-c2[c-]cccc2)ncc1-c1ccccc1.Cc1cc(-c2[c-]cccc2)ncc1-c1ccccc1.Cc1cc(C)cc(-c2ccnc(-c3[c-]cccc3)c2)c1.Cc1ccc[c-]c1-c1ccccn1.Cc1cccnc1-c1[c-]cccc1.[2H]c1c([2H])c([2H])c(-c2cnc(-c3[c-]cccc3)cc2C)c([2H])c1[2H].[Ir].[Ir].[Ir].[Ir].[c-]1ccccc1-c1ccccn1. The van der Waals surface area contributed by atoms with Gasteiger partial charge in [-0.05, 0) is 164 Å². The van der Waals surface area contributed by atoms with Crippen LogP contribution >= 0.6 is 0 Å². The average Bonchev–Trinajstić information content (AvgIpc) is 0.768. The van der Waals surface area contributed by atoms with Crippen LogP contribution in [0.1, 0.15) is 59.6 Å². The van der Waals surface area contributed by atoms with Gasteiger partial charge in [-0.15, -0.1) is 251 Å². The van der Waals surface area contributed by atoms with Crippen LogP contribution in [0.5, 0.6) is 0 Å². The Labute approximate surface area is 805 Å². The Morgan fingerprint density at radius 3 is 1.03 bits per heavy atom. The number of carbonyl (C=O) groups excluding carboxylic acids is 1. The predicted octanol–water partition coefficient (Wildman–Crippen LogP) is 27.7. The van der Waals surface area contributed by atoms with E-state index in [2.05, 4.69) is 198 Å². The molecule has 1 N–H and O–H groups in total. The van der Waals surface area contributed by atoms with Crippen molar-refractivity contribution < 1.29 is 97.2 Å². The molecule has 0 spiro atoms. The average molecular weight is 2360 g/mol. The first-order chi connectivity index (χ1) is 61.7. The summed E-state index contributed by atoms with van der Waals surface area (Å²) >= 11 is 0. The molecule has 4 radical (unpaired) electrons. The van der Waals surface area contributed by atoms with Gasteiger partial charge >= 0.3 is 0 Å². The Morgan fingerprint density at radius 1 is 0.294 bits per heavy atom. The van der Waals surface area contributed by atoms with E-state index in [1.807, 2.05) is 268 Å². The summed E-state index contributed by atoms with van der Waals surface area (Å²) in [4.78, 5) is 40.8. The van der Waals surface area contributed by atoms with Crippen molar-refractivity contribution >= 4 is 5.78 Å². The quantitative estimate of drug-likeness (QED) is 0.0722. The van der Waals surface area contributed by atoms with Crippen LogP contribution in [0.25, 0.3) is 123 Å². The summed E-state index contributed by atoms with van der Waals surface area (Å²) in [5, 5.41) is 8.36. The van der Waals surface area contributed by atoms with Gasteiger partial charge in [0.2, 0.25) is 0 Å². The normalized spacial score (nSPS) is 10.5. The number of hydrogen-bond acceptors (Lipinski definition) is 9. The van der Waals surface area contributed by atoms with E-state index in [4.69, 9.17) is 12.0 Å². The van der Waals surface area contributed by atoms with Gasteiger partial charge < -0.3 is 40.0 Å². The minimum absolute atomic E-state index is 0. The Kier molecular flexibility index (Phi) is 39.7. The summed E-state index contributed by atoms with van der Waals surface area (Å²) in [5.74, 6) is -0.0625. The molecule has 13 heteroatoms. The molecule has 11 aromatic carbocycles. The van der Waals surface area contributed by atoms with Crippen LogP contribution < -0.4 is 0 Å². The summed E-state index contributed by atoms with van der Waals surface area (Å²) in [5.41, 5.74) is 29.8. The monoisotopic (exact) mass is 2360 g/mol. The Morgan fingerprint density at radius 2 is 0.659 bits per heavy atom. The Bertz CT molecular complexity index is 6280. The third-order valence-corrected chi connectivity index (χ3v) is 18.5. The second kappa shape index (κ2) is 54.1. The van der Waals surface area contributed by atoms with E-state index in [-0.39, 0.29) is 122 Å². The van der Waals surface area contributed by atoms with Gasteiger partial charge in [0.15, 0.2) is 5.78 Å². The number of aromatic nitrogens is 7. The van der Waals surface area contributed by atoms with Crippen LogP contribution in [0.15, 0.2) is 407 Å². The van der Waals surface area contributed by atoms with Crippen LogP contribution in [0, 0.1) is 90.9 Å². The molecule has 0 fully saturated rings. The first kappa shape index (κ1) is 92.5. The van der Waals surface area contributed by atoms with Crippen molar-refractivity contribution in [1.82, 2.24) is 34.9 Å². The van der Waals surface area contributed by atoms with E-state index in [9.17, 15) is 4.79 Å². The van der Waals surface area contributed by atoms with Crippen molar-refractivity contribution in [3.63, 3.8) is 0 Å². The van der Waals surface area contributed by atoms with Crippen molar-refractivity contribution in [2.24, 2.45) is 0 Å². The maximum atomic E-state index is 10.0. The predicted molar refractivity (Wildman–Crippen MR) is 502 cm³/mol. The molecular formula is C113H94Ir4N7O2-7. The Hall–Kier alpha value is -12.7. The number of benzene rings is 11. The van der Waals surface area contributed by atoms with E-state index in [0.29, 0.717) is 5.56 Å². The van der Waals surface area contributed by atoms with Crippen LogP contribution in [0.2, 0.25) is 0 Å². The summed E-state index contributed by atoms with van der Waals surface area (Å²) in [6.45, 7) is 17.3. The smallest absolute Gasteiger partial charge is 0.155 e. The molecular weight excluding hydrogens is 2260 g/mol. The standard InChI is InChI=1S/C19H16N.3C18H14N.2C12H10N.C11H8N.C5H8O2.4Ir/c1-14-10-15(2)12-18(11-14)17-8-9-20-19(13-17)16-6-4-3-5-7-16;3*1-14-12-18(16-10-6-3-7-11-16)19-13-17(14)15-8-4-2-5-9-15;1-10-6-2-3-7-11(10)12-8-4-5-9-13-12;1-10-6-5-9-13-12(10)11-7-3-2-4-8-11;1-2-6-10(7-3-1)11-8-4-5-9-12-11;1-4(6)3-5(2)7;;;;/h3-6,8-13H,1-2H3;3*2-10,12-13H,1H3;2-6,8-9H,1H3;2-7,9H,1H3;1-6,8-9H;3,6H,1-2H3;;;;/q7*-1;;;;;/i;2D,4D,5D,8D,9D;;;;;;;;;;. The molecule has 0 aliphatic carbocycles. The molecule has 0 atom stereocenters. The number of aryl methyl sites for hydroxylation is 7. The molecule has 18 rings (SSSR count). The van der Waals surface area contributed by atoms with E-state index in [1.54, 1.807) is 24.7 Å². The Balaban J connectivity index is 0.000000207. The summed E-state index contributed by atoms with van der Waals surface area (Å²) in [6, 6.07) is 127. The molecule has 0 saturated heterocycles. The van der Waals surface area contributed by atoms with Crippen molar-refractivity contribution in [3.05, 3.63) is 488 Å². The second-order valence-corrected chi connectivity index (χ2v) is 28.1. The van der Waals surface area contributed by atoms with Gasteiger partial charge in [0.1, 0.15) is 0 Å². The fraction of sp³-hybridized carbons (Fsp3) is 0.0796. The van der Waals surface area contributed by atoms with Crippen molar-refractivity contribution in [2.45, 2.75) is 62.3 Å². The van der Waals surface area contributed by atoms with E-state index in [1.165, 1.54) is 86.7 Å². The maximum Gasteiger partial charge on any atom is 0.155 e. The van der Waals surface area contributed by atoms with Crippen molar-refractivity contribution in [1.29, 1.82) is 0 Å². The molecule has 7 heterocycles. The van der Waals surface area contributed by atoms with E-state index >= 15 is 0 Å². The maximum absolute atomic E-state index is 10.0. The van der Waals surface area contributed by atoms with Gasteiger partial charge in [0.05, 0.1) is 12.6 Å². The molecule has 9 nitrogen and oxygen atoms in total. The zero-order chi connectivity index (χ0) is 89.8. The third-order valence-electron chi connectivity index (χ3n) is 18.5. The molecule has 0 unspecified atom stereocenters. The number of ketones is 1. The minimum Gasteiger partial charge on any atom is -0.512 e. The summed E-state index contributed by atoms with van der Waals surface area (Å²) in [7, 11) is 0. The minimum atomic E-state index is -0.394. The molecule has 636 valence electrons. The van der Waals surface area contributed by atoms with Gasteiger partial charge in [-0.1, -0.05) is 187 Å². The van der Waals surface area contributed by atoms with Crippen LogP contribution in [-0.2, 0) is 85.2 Å². The fourth-order valence-electron chi connectivity index (χ4n) is 12.7. The number of aliphatic hydroxyl groups excluding tert-OH is 1. The molecule has 7 aromatic heterocycles. The van der Waals surface area contributed by atoms with Gasteiger partial charge in [-0.25, -0.2) is 0 Å². The van der Waals surface area contributed by atoms with Crippen LogP contribution in [0.3, 0.4) is 0 Å². The number of aliphatic hydroxyl groups is 1. The topological polar surface area (TPSA) is 128 Å². The van der Waals surface area contributed by atoms with Gasteiger partial charge in [-0.2, -0.15) is 0 Å². The van der Waals surface area contributed by atoms with E-state index < -0.39 is 6.04 Å². The van der Waals surface area contributed by atoms with E-state index in [0.717, 1.165) is 84.4 Å². The number of hydrogen-bond donors (Lipinski definition) is 1. The van der Waals surface area contributed by atoms with Crippen LogP contribution in [0.4, 0.5) is 0 Å². The largest absolute Gasteiger partial charge is 0.512 e. The third kappa shape index (κ3) is 31.8. The number of nitrogens with zero attached hydrogens (tertiary/aromatic N) is 7. The molecule has 0 aliphatic rings. The summed E-state index contributed by atoms with van der Waals surface area (Å²) < 4.78 is 39.4. The first-order valence-corrected chi connectivity index (χ1v) is 39.7. The molecule has 18 aromatic rings. The van der Waals surface area contributed by atoms with Crippen molar-refractivity contribution in [2.75, 3.05) is 0 Å². The molecule has 126 heavy (non-hydrogen) atoms. The van der Waals surface area contributed by atoms with Gasteiger partial charge in [-0.3, -0.25) is 4.79 Å². The zero-order valence-electron chi connectivity index (χ0n) is 76.0. The fourth-order valence-corrected chi connectivity index (χ4v) is 12.7. The molecule has 0 amide bonds. The van der Waals surface area contributed by atoms with Crippen molar-refractivity contribution in [3.8, 4) is 123 Å². The van der Waals surface area contributed by atoms with Gasteiger partial charge in [0, 0.05) is 147 Å². The number of pyridine rings is 7. The molecule has 0 saturated carbocycles. The number of carbonyl (C=O) groups is 1. The molecule has 0 bridgehead atoms. The molecule has 0 aliphatic heterocycles. The first-order valence-electron chi connectivity index (χ1n) is 42.2. The summed E-state index contributed by atoms with van der Waals surface area (Å²) in [6.07, 6.45) is 13.9. The van der Waals surface area contributed by atoms with Crippen LogP contribution in [-0.4, -0.2) is 45.8 Å². The number of rotatable bonds is 12.